The van der Waals surface area contributed by atoms with Crippen molar-refractivity contribution in [1.29, 1.82) is 0 Å². The van der Waals surface area contributed by atoms with Crippen molar-refractivity contribution >= 4 is 11.3 Å². The van der Waals surface area contributed by atoms with Crippen LogP contribution in [0.5, 0.6) is 0 Å². The summed E-state index contributed by atoms with van der Waals surface area (Å²) in [5, 5.41) is 3.24. The summed E-state index contributed by atoms with van der Waals surface area (Å²) >= 11 is 1.75. The molecule has 5 heteroatoms. The molecule has 1 nitrogen and oxygen atoms in total. The van der Waals surface area contributed by atoms with Crippen molar-refractivity contribution in [3.63, 3.8) is 0 Å². The lowest BCUT2D eigenvalue weighted by molar-refractivity contribution is -0.137. The first-order valence-electron chi connectivity index (χ1n) is 6.86. The van der Waals surface area contributed by atoms with Gasteiger partial charge in [-0.05, 0) is 49.7 Å². The molecule has 0 saturated heterocycles. The molecule has 2 aromatic rings. The van der Waals surface area contributed by atoms with Gasteiger partial charge in [0, 0.05) is 15.8 Å². The average Bonchev–Trinajstić information content (AvgIpc) is 2.93. The number of alkyl halides is 3. The number of benzene rings is 1. The van der Waals surface area contributed by atoms with Crippen LogP contribution in [0.1, 0.15) is 33.8 Å². The summed E-state index contributed by atoms with van der Waals surface area (Å²) in [6, 6.07) is 9.74. The normalized spacial score (nSPS) is 13.4. The zero-order valence-corrected chi connectivity index (χ0v) is 12.8. The number of halogens is 3. The summed E-state index contributed by atoms with van der Waals surface area (Å²) in [6.07, 6.45) is -2.59. The fraction of sp³-hybridized carbons (Fsp3) is 0.375. The zero-order valence-electron chi connectivity index (χ0n) is 12.0. The SMILES string of the molecule is CCc1ccc(C(Cc2ccc(C(F)(F)F)cc2)NC)s1. The van der Waals surface area contributed by atoms with Crippen LogP contribution < -0.4 is 5.32 Å². The lowest BCUT2D eigenvalue weighted by Crippen LogP contribution is -2.17. The summed E-state index contributed by atoms with van der Waals surface area (Å²) in [4.78, 5) is 2.53. The summed E-state index contributed by atoms with van der Waals surface area (Å²) in [6.45, 7) is 2.11. The van der Waals surface area contributed by atoms with Crippen LogP contribution in [0.15, 0.2) is 36.4 Å². The molecular weight excluding hydrogens is 295 g/mol. The molecule has 0 saturated carbocycles. The monoisotopic (exact) mass is 313 g/mol. The van der Waals surface area contributed by atoms with Crippen LogP contribution in [0.25, 0.3) is 0 Å². The molecule has 0 bridgehead atoms. The Morgan fingerprint density at radius 1 is 1.10 bits per heavy atom. The second-order valence-electron chi connectivity index (χ2n) is 4.90. The predicted molar refractivity (Wildman–Crippen MR) is 80.6 cm³/mol. The highest BCUT2D eigenvalue weighted by molar-refractivity contribution is 7.12. The van der Waals surface area contributed by atoms with E-state index in [2.05, 4.69) is 24.4 Å². The van der Waals surface area contributed by atoms with Crippen LogP contribution in [-0.2, 0) is 19.0 Å². The Balaban J connectivity index is 2.11. The van der Waals surface area contributed by atoms with Crippen molar-refractivity contribution in [3.8, 4) is 0 Å². The third-order valence-electron chi connectivity index (χ3n) is 3.44. The van der Waals surface area contributed by atoms with Gasteiger partial charge >= 0.3 is 6.18 Å². The number of nitrogens with one attached hydrogen (secondary N) is 1. The first-order chi connectivity index (χ1) is 9.94. The van der Waals surface area contributed by atoms with Crippen LogP contribution in [0, 0.1) is 0 Å². The van der Waals surface area contributed by atoms with Gasteiger partial charge in [-0.3, -0.25) is 0 Å². The first-order valence-corrected chi connectivity index (χ1v) is 7.67. The maximum absolute atomic E-state index is 12.5. The van der Waals surface area contributed by atoms with Crippen molar-refractivity contribution in [2.45, 2.75) is 32.0 Å². The number of aryl methyl sites for hydroxylation is 1. The Morgan fingerprint density at radius 3 is 2.24 bits per heavy atom. The fourth-order valence-corrected chi connectivity index (χ4v) is 3.24. The largest absolute Gasteiger partial charge is 0.416 e. The zero-order chi connectivity index (χ0) is 15.5. The number of thiophene rings is 1. The predicted octanol–water partition coefficient (Wildman–Crippen LogP) is 4.83. The Morgan fingerprint density at radius 2 is 1.76 bits per heavy atom. The third-order valence-corrected chi connectivity index (χ3v) is 4.79. The summed E-state index contributed by atoms with van der Waals surface area (Å²) in [7, 11) is 1.88. The highest BCUT2D eigenvalue weighted by Gasteiger charge is 2.30. The maximum Gasteiger partial charge on any atom is 0.416 e. The molecule has 21 heavy (non-hydrogen) atoms. The number of hydrogen-bond donors (Lipinski definition) is 1. The molecule has 0 radical (unpaired) electrons. The summed E-state index contributed by atoms with van der Waals surface area (Å²) in [5.74, 6) is 0. The van der Waals surface area contributed by atoms with E-state index >= 15 is 0 Å². The average molecular weight is 313 g/mol. The van der Waals surface area contributed by atoms with Crippen LogP contribution in [-0.4, -0.2) is 7.05 Å². The molecular formula is C16H18F3NS. The summed E-state index contributed by atoms with van der Waals surface area (Å²) < 4.78 is 37.6. The molecule has 2 rings (SSSR count). The fourth-order valence-electron chi connectivity index (χ4n) is 2.18. The van der Waals surface area contributed by atoms with Gasteiger partial charge in [0.25, 0.3) is 0 Å². The van der Waals surface area contributed by atoms with Gasteiger partial charge in [0.05, 0.1) is 5.56 Å². The van der Waals surface area contributed by atoms with E-state index in [0.717, 1.165) is 24.1 Å². The van der Waals surface area contributed by atoms with E-state index in [-0.39, 0.29) is 6.04 Å². The van der Waals surface area contributed by atoms with E-state index in [1.165, 1.54) is 9.75 Å². The van der Waals surface area contributed by atoms with Crippen molar-refractivity contribution in [1.82, 2.24) is 5.32 Å². The van der Waals surface area contributed by atoms with Crippen molar-refractivity contribution in [2.75, 3.05) is 7.05 Å². The smallest absolute Gasteiger partial charge is 0.312 e. The van der Waals surface area contributed by atoms with Crippen molar-refractivity contribution in [2.24, 2.45) is 0 Å². The van der Waals surface area contributed by atoms with Crippen LogP contribution in [0.4, 0.5) is 13.2 Å². The minimum absolute atomic E-state index is 0.132. The molecule has 1 unspecified atom stereocenters. The number of rotatable bonds is 5. The Labute approximate surface area is 126 Å². The molecule has 1 aromatic carbocycles. The van der Waals surface area contributed by atoms with E-state index in [1.54, 1.807) is 23.5 Å². The van der Waals surface area contributed by atoms with Crippen molar-refractivity contribution < 1.29 is 13.2 Å². The molecule has 1 atom stereocenters. The van der Waals surface area contributed by atoms with Gasteiger partial charge in [0.2, 0.25) is 0 Å². The van der Waals surface area contributed by atoms with E-state index in [4.69, 9.17) is 0 Å². The lowest BCUT2D eigenvalue weighted by Gasteiger charge is -2.15. The molecule has 1 heterocycles. The van der Waals surface area contributed by atoms with E-state index in [0.29, 0.717) is 6.42 Å². The summed E-state index contributed by atoms with van der Waals surface area (Å²) in [5.41, 5.74) is 0.297. The second-order valence-corrected chi connectivity index (χ2v) is 6.10. The van der Waals surface area contributed by atoms with Gasteiger partial charge in [-0.15, -0.1) is 11.3 Å². The quantitative estimate of drug-likeness (QED) is 0.833. The van der Waals surface area contributed by atoms with Gasteiger partial charge < -0.3 is 5.32 Å². The van der Waals surface area contributed by atoms with Crippen LogP contribution in [0.2, 0.25) is 0 Å². The van der Waals surface area contributed by atoms with Gasteiger partial charge in [-0.25, -0.2) is 0 Å². The molecule has 0 aliphatic heterocycles. The Hall–Kier alpha value is -1.33. The standard InChI is InChI=1S/C16H18F3NS/c1-3-13-8-9-15(21-13)14(20-2)10-11-4-6-12(7-5-11)16(17,18)19/h4-9,14,20H,3,10H2,1-2H3. The molecule has 0 amide bonds. The van der Waals surface area contributed by atoms with E-state index in [1.807, 2.05) is 7.05 Å². The first kappa shape index (κ1) is 16.0. The van der Waals surface area contributed by atoms with Crippen LogP contribution in [0.3, 0.4) is 0 Å². The van der Waals surface area contributed by atoms with Gasteiger partial charge in [-0.2, -0.15) is 13.2 Å². The Bertz CT molecular complexity index is 572. The highest BCUT2D eigenvalue weighted by Crippen LogP contribution is 2.30. The maximum atomic E-state index is 12.5. The second kappa shape index (κ2) is 6.62. The Kier molecular flexibility index (Phi) is 5.06. The van der Waals surface area contributed by atoms with Gasteiger partial charge in [0.15, 0.2) is 0 Å². The lowest BCUT2D eigenvalue weighted by atomic mass is 10.0. The van der Waals surface area contributed by atoms with Crippen LogP contribution >= 0.6 is 11.3 Å². The molecule has 0 spiro atoms. The van der Waals surface area contributed by atoms with Crippen molar-refractivity contribution in [3.05, 3.63) is 57.3 Å². The third kappa shape index (κ3) is 4.08. The molecule has 114 valence electrons. The molecule has 0 aliphatic carbocycles. The minimum Gasteiger partial charge on any atom is -0.312 e. The highest BCUT2D eigenvalue weighted by atomic mass is 32.1. The molecule has 1 aromatic heterocycles. The molecule has 0 fully saturated rings. The number of hydrogen-bond acceptors (Lipinski definition) is 2. The van der Waals surface area contributed by atoms with Gasteiger partial charge in [0.1, 0.15) is 0 Å². The molecule has 1 N–H and O–H groups in total. The minimum atomic E-state index is -4.27. The van der Waals surface area contributed by atoms with E-state index < -0.39 is 11.7 Å². The van der Waals surface area contributed by atoms with Gasteiger partial charge in [-0.1, -0.05) is 19.1 Å². The van der Waals surface area contributed by atoms with E-state index in [9.17, 15) is 13.2 Å². The molecule has 0 aliphatic rings. The topological polar surface area (TPSA) is 12.0 Å². The number of likely N-dealkylation sites (N-methyl/N-ethyl adjacent to an activating group) is 1.